The van der Waals surface area contributed by atoms with E-state index in [4.69, 9.17) is 9.47 Å². The number of nitrogens with one attached hydrogen (secondary N) is 1. The summed E-state index contributed by atoms with van der Waals surface area (Å²) in [6.07, 6.45) is 1.22. The number of hydrogen-bond donors (Lipinski definition) is 1. The molecule has 0 aliphatic carbocycles. The van der Waals surface area contributed by atoms with Crippen molar-refractivity contribution in [3.63, 3.8) is 0 Å². The minimum Gasteiger partial charge on any atom is -0.435 e. The van der Waals surface area contributed by atoms with Crippen LogP contribution in [-0.2, 0) is 15.9 Å². The maximum atomic E-state index is 11.4. The Kier molecular flexibility index (Phi) is 5.41. The molecule has 1 aromatic carbocycles. The zero-order valence-electron chi connectivity index (χ0n) is 12.2. The highest BCUT2D eigenvalue weighted by Gasteiger charge is 2.26. The average Bonchev–Trinajstić information content (AvgIpc) is 2.48. The van der Waals surface area contributed by atoms with Crippen LogP contribution in [0, 0.1) is 0 Å². The summed E-state index contributed by atoms with van der Waals surface area (Å²) in [5, 5.41) is 3.33. The summed E-state index contributed by atoms with van der Waals surface area (Å²) in [6.45, 7) is 5.90. The summed E-state index contributed by atoms with van der Waals surface area (Å²) in [4.78, 5) is 11.4. The Morgan fingerprint density at radius 2 is 2.00 bits per heavy atom. The Hall–Kier alpha value is -1.55. The molecule has 4 heteroatoms. The Morgan fingerprint density at radius 3 is 2.65 bits per heavy atom. The van der Waals surface area contributed by atoms with Crippen molar-refractivity contribution in [1.82, 2.24) is 5.32 Å². The minimum absolute atomic E-state index is 0.112. The van der Waals surface area contributed by atoms with E-state index >= 15 is 0 Å². The van der Waals surface area contributed by atoms with Gasteiger partial charge in [0.1, 0.15) is 6.10 Å². The molecule has 110 valence electrons. The van der Waals surface area contributed by atoms with Crippen molar-refractivity contribution in [2.24, 2.45) is 0 Å². The van der Waals surface area contributed by atoms with E-state index in [1.165, 1.54) is 11.1 Å². The molecule has 0 spiro atoms. The van der Waals surface area contributed by atoms with E-state index < -0.39 is 6.16 Å². The number of benzene rings is 1. The molecule has 2 rings (SSSR count). The normalized spacial score (nSPS) is 22.3. The molecule has 0 saturated carbocycles. The average molecular weight is 277 g/mol. The van der Waals surface area contributed by atoms with Gasteiger partial charge in [0, 0.05) is 13.1 Å². The summed E-state index contributed by atoms with van der Waals surface area (Å²) in [5.74, 6) is 0.383. The topological polar surface area (TPSA) is 47.6 Å². The highest BCUT2D eigenvalue weighted by molar-refractivity contribution is 5.60. The molecule has 4 nitrogen and oxygen atoms in total. The van der Waals surface area contributed by atoms with Crippen LogP contribution in [0.3, 0.4) is 0 Å². The second kappa shape index (κ2) is 7.29. The summed E-state index contributed by atoms with van der Waals surface area (Å²) >= 11 is 0. The number of carbonyl (C=O) groups excluding carboxylic acids is 1. The lowest BCUT2D eigenvalue weighted by molar-refractivity contribution is 0.0157. The Labute approximate surface area is 120 Å². The molecule has 1 fully saturated rings. The Balaban J connectivity index is 1.93. The van der Waals surface area contributed by atoms with Gasteiger partial charge in [-0.05, 0) is 36.8 Å². The molecule has 20 heavy (non-hydrogen) atoms. The van der Waals surface area contributed by atoms with Gasteiger partial charge < -0.3 is 14.8 Å². The predicted octanol–water partition coefficient (Wildman–Crippen LogP) is 2.87. The molecular formula is C16H23NO3. The Morgan fingerprint density at radius 1 is 1.25 bits per heavy atom. The predicted molar refractivity (Wildman–Crippen MR) is 77.9 cm³/mol. The maximum absolute atomic E-state index is 11.4. The van der Waals surface area contributed by atoms with Crippen LogP contribution in [-0.4, -0.2) is 32.0 Å². The molecule has 1 aromatic rings. The van der Waals surface area contributed by atoms with Gasteiger partial charge in [0.15, 0.2) is 0 Å². The smallest absolute Gasteiger partial charge is 0.435 e. The van der Waals surface area contributed by atoms with Gasteiger partial charge >= 0.3 is 6.16 Å². The van der Waals surface area contributed by atoms with Gasteiger partial charge in [-0.1, -0.05) is 31.2 Å². The lowest BCUT2D eigenvalue weighted by atomic mass is 9.89. The third kappa shape index (κ3) is 3.97. The SMILES string of the molecule is CCOC(=O)OC1CNCC(c2ccc(CC)cc2)C1. The molecule has 1 aliphatic heterocycles. The van der Waals surface area contributed by atoms with E-state index in [1.54, 1.807) is 6.92 Å². The Bertz CT molecular complexity index is 430. The summed E-state index contributed by atoms with van der Waals surface area (Å²) in [7, 11) is 0. The highest BCUT2D eigenvalue weighted by Crippen LogP contribution is 2.25. The molecule has 0 bridgehead atoms. The molecule has 1 heterocycles. The zero-order chi connectivity index (χ0) is 14.4. The van der Waals surface area contributed by atoms with Gasteiger partial charge in [0.25, 0.3) is 0 Å². The third-order valence-electron chi connectivity index (χ3n) is 3.69. The van der Waals surface area contributed by atoms with Crippen molar-refractivity contribution in [3.05, 3.63) is 35.4 Å². The first-order chi connectivity index (χ1) is 9.72. The molecule has 1 N–H and O–H groups in total. The minimum atomic E-state index is -0.568. The quantitative estimate of drug-likeness (QED) is 0.860. The van der Waals surface area contributed by atoms with Crippen LogP contribution in [0.1, 0.15) is 37.3 Å². The van der Waals surface area contributed by atoms with E-state index in [2.05, 4.69) is 36.5 Å². The van der Waals surface area contributed by atoms with Gasteiger partial charge in [-0.2, -0.15) is 0 Å². The lowest BCUT2D eigenvalue weighted by Gasteiger charge is -2.29. The van der Waals surface area contributed by atoms with Gasteiger partial charge in [-0.3, -0.25) is 0 Å². The maximum Gasteiger partial charge on any atom is 0.508 e. The van der Waals surface area contributed by atoms with Crippen LogP contribution in [0.25, 0.3) is 0 Å². The molecule has 0 radical (unpaired) electrons. The van der Waals surface area contributed by atoms with E-state index in [0.29, 0.717) is 19.1 Å². The number of piperidine rings is 1. The van der Waals surface area contributed by atoms with Crippen molar-refractivity contribution in [2.75, 3.05) is 19.7 Å². The number of ether oxygens (including phenoxy) is 2. The first-order valence-corrected chi connectivity index (χ1v) is 7.35. The van der Waals surface area contributed by atoms with Crippen molar-refractivity contribution < 1.29 is 14.3 Å². The van der Waals surface area contributed by atoms with Crippen LogP contribution in [0.2, 0.25) is 0 Å². The summed E-state index contributed by atoms with van der Waals surface area (Å²) < 4.78 is 10.1. The van der Waals surface area contributed by atoms with Crippen molar-refractivity contribution >= 4 is 6.16 Å². The fourth-order valence-corrected chi connectivity index (χ4v) is 2.56. The first-order valence-electron chi connectivity index (χ1n) is 7.35. The van der Waals surface area contributed by atoms with E-state index in [-0.39, 0.29) is 6.10 Å². The van der Waals surface area contributed by atoms with Crippen LogP contribution < -0.4 is 5.32 Å². The van der Waals surface area contributed by atoms with E-state index in [1.807, 2.05) is 0 Å². The fourth-order valence-electron chi connectivity index (χ4n) is 2.56. The molecule has 1 saturated heterocycles. The van der Waals surface area contributed by atoms with Gasteiger partial charge in [0.05, 0.1) is 6.61 Å². The summed E-state index contributed by atoms with van der Waals surface area (Å²) in [5.41, 5.74) is 2.64. The van der Waals surface area contributed by atoms with Crippen molar-refractivity contribution in [1.29, 1.82) is 0 Å². The van der Waals surface area contributed by atoms with Crippen LogP contribution in [0.5, 0.6) is 0 Å². The number of hydrogen-bond acceptors (Lipinski definition) is 4. The van der Waals surface area contributed by atoms with E-state index in [9.17, 15) is 4.79 Å². The summed E-state index contributed by atoms with van der Waals surface area (Å²) in [6, 6.07) is 8.70. The fraction of sp³-hybridized carbons (Fsp3) is 0.562. The molecule has 0 amide bonds. The standard InChI is InChI=1S/C16H23NO3/c1-3-12-5-7-13(8-6-12)14-9-15(11-17-10-14)20-16(18)19-4-2/h5-8,14-15,17H,3-4,9-11H2,1-2H3. The highest BCUT2D eigenvalue weighted by atomic mass is 16.7. The monoisotopic (exact) mass is 277 g/mol. The third-order valence-corrected chi connectivity index (χ3v) is 3.69. The van der Waals surface area contributed by atoms with Crippen LogP contribution in [0.4, 0.5) is 4.79 Å². The van der Waals surface area contributed by atoms with Gasteiger partial charge in [-0.25, -0.2) is 4.79 Å². The number of aryl methyl sites for hydroxylation is 1. The van der Waals surface area contributed by atoms with Crippen LogP contribution in [0.15, 0.2) is 24.3 Å². The molecule has 1 aliphatic rings. The molecule has 2 atom stereocenters. The zero-order valence-corrected chi connectivity index (χ0v) is 12.2. The number of rotatable bonds is 4. The van der Waals surface area contributed by atoms with Crippen molar-refractivity contribution in [3.8, 4) is 0 Å². The lowest BCUT2D eigenvalue weighted by Crippen LogP contribution is -2.40. The van der Waals surface area contributed by atoms with Gasteiger partial charge in [0.2, 0.25) is 0 Å². The van der Waals surface area contributed by atoms with E-state index in [0.717, 1.165) is 19.4 Å². The van der Waals surface area contributed by atoms with Gasteiger partial charge in [-0.15, -0.1) is 0 Å². The second-order valence-corrected chi connectivity index (χ2v) is 5.11. The van der Waals surface area contributed by atoms with Crippen LogP contribution >= 0.6 is 0 Å². The molecule has 0 aromatic heterocycles. The molecular weight excluding hydrogens is 254 g/mol. The van der Waals surface area contributed by atoms with Crippen molar-refractivity contribution in [2.45, 2.75) is 38.7 Å². The second-order valence-electron chi connectivity index (χ2n) is 5.11. The number of carbonyl (C=O) groups is 1. The largest absolute Gasteiger partial charge is 0.508 e. The first kappa shape index (κ1) is 14.9. The molecule has 2 unspecified atom stereocenters.